The Kier molecular flexibility index (Phi) is 5.01. The first-order valence-corrected chi connectivity index (χ1v) is 10.6. The van der Waals surface area contributed by atoms with E-state index >= 15 is 0 Å². The second-order valence-corrected chi connectivity index (χ2v) is 8.08. The van der Waals surface area contributed by atoms with Gasteiger partial charge in [-0.25, -0.2) is 4.98 Å². The molecule has 0 aliphatic carbocycles. The summed E-state index contributed by atoms with van der Waals surface area (Å²) in [6.07, 6.45) is 1.71. The molecule has 0 N–H and O–H groups in total. The predicted octanol–water partition coefficient (Wildman–Crippen LogP) is 5.50. The maximum atomic E-state index is 13.5. The van der Waals surface area contributed by atoms with Gasteiger partial charge >= 0.3 is 0 Å². The maximum absolute atomic E-state index is 13.5. The van der Waals surface area contributed by atoms with E-state index in [1.807, 2.05) is 73.7 Å². The fourth-order valence-electron chi connectivity index (χ4n) is 3.32. The van der Waals surface area contributed by atoms with Crippen LogP contribution in [0.5, 0.6) is 0 Å². The standard InChI is InChI=1S/C24H18N4O2S/c1-16-8-7-12-21-22(16)26-24(31-21)28(15-18-11-5-6-13-25-18)23(29)19-14-20(30-27-19)17-9-3-2-4-10-17/h2-14H,15H2,1H3. The van der Waals surface area contributed by atoms with Crippen molar-refractivity contribution in [2.45, 2.75) is 13.5 Å². The molecule has 0 saturated carbocycles. The summed E-state index contributed by atoms with van der Waals surface area (Å²) >= 11 is 1.47. The predicted molar refractivity (Wildman–Crippen MR) is 121 cm³/mol. The lowest BCUT2D eigenvalue weighted by atomic mass is 10.1. The van der Waals surface area contributed by atoms with E-state index in [-0.39, 0.29) is 18.1 Å². The summed E-state index contributed by atoms with van der Waals surface area (Å²) in [5, 5.41) is 4.64. The number of hydrogen-bond donors (Lipinski definition) is 0. The molecule has 0 spiro atoms. The average Bonchev–Trinajstić information content (AvgIpc) is 3.47. The molecule has 0 unspecified atom stereocenters. The largest absolute Gasteiger partial charge is 0.355 e. The Balaban J connectivity index is 1.54. The number of carbonyl (C=O) groups is 1. The Bertz CT molecular complexity index is 1350. The van der Waals surface area contributed by atoms with Crippen LogP contribution in [0.2, 0.25) is 0 Å². The monoisotopic (exact) mass is 426 g/mol. The van der Waals surface area contributed by atoms with Crippen LogP contribution in [0.15, 0.2) is 83.5 Å². The van der Waals surface area contributed by atoms with Crippen molar-refractivity contribution in [3.8, 4) is 11.3 Å². The molecule has 0 aliphatic heterocycles. The molecule has 5 aromatic rings. The Morgan fingerprint density at radius 2 is 1.87 bits per heavy atom. The first-order chi connectivity index (χ1) is 15.2. The third kappa shape index (κ3) is 3.83. The van der Waals surface area contributed by atoms with E-state index in [1.165, 1.54) is 11.3 Å². The molecule has 6 nitrogen and oxygen atoms in total. The zero-order valence-electron chi connectivity index (χ0n) is 16.7. The van der Waals surface area contributed by atoms with E-state index < -0.39 is 0 Å². The van der Waals surface area contributed by atoms with Crippen LogP contribution in [0.25, 0.3) is 21.5 Å². The van der Waals surface area contributed by atoms with Crippen molar-refractivity contribution < 1.29 is 9.32 Å². The molecule has 0 aliphatic rings. The third-order valence-electron chi connectivity index (χ3n) is 4.92. The Morgan fingerprint density at radius 1 is 1.03 bits per heavy atom. The van der Waals surface area contributed by atoms with Crippen molar-refractivity contribution in [3.63, 3.8) is 0 Å². The van der Waals surface area contributed by atoms with Gasteiger partial charge in [-0.2, -0.15) is 0 Å². The smallest absolute Gasteiger partial charge is 0.282 e. The summed E-state index contributed by atoms with van der Waals surface area (Å²) in [7, 11) is 0. The highest BCUT2D eigenvalue weighted by molar-refractivity contribution is 7.22. The van der Waals surface area contributed by atoms with Crippen molar-refractivity contribution in [2.75, 3.05) is 4.90 Å². The molecule has 0 saturated heterocycles. The highest BCUT2D eigenvalue weighted by Gasteiger charge is 2.25. The van der Waals surface area contributed by atoms with E-state index in [4.69, 9.17) is 9.51 Å². The Labute approximate surface area is 182 Å². The number of para-hydroxylation sites is 1. The van der Waals surface area contributed by atoms with E-state index in [9.17, 15) is 4.79 Å². The van der Waals surface area contributed by atoms with Gasteiger partial charge in [-0.15, -0.1) is 0 Å². The van der Waals surface area contributed by atoms with Crippen LogP contribution in [0, 0.1) is 6.92 Å². The molecule has 2 aromatic carbocycles. The summed E-state index contributed by atoms with van der Waals surface area (Å²) in [5.74, 6) is 0.259. The lowest BCUT2D eigenvalue weighted by Crippen LogP contribution is -2.31. The van der Waals surface area contributed by atoms with Gasteiger partial charge in [0.2, 0.25) is 0 Å². The van der Waals surface area contributed by atoms with Crippen LogP contribution in [-0.2, 0) is 6.54 Å². The summed E-state index contributed by atoms with van der Waals surface area (Å²) in [4.78, 5) is 24.2. The van der Waals surface area contributed by atoms with Crippen LogP contribution in [0.3, 0.4) is 0 Å². The summed E-state index contributed by atoms with van der Waals surface area (Å²) in [6, 6.07) is 22.9. The van der Waals surface area contributed by atoms with E-state index in [1.54, 1.807) is 17.2 Å². The van der Waals surface area contributed by atoms with Crippen LogP contribution >= 0.6 is 11.3 Å². The molecule has 7 heteroatoms. The second kappa shape index (κ2) is 8.12. The number of nitrogens with zero attached hydrogens (tertiary/aromatic N) is 4. The van der Waals surface area contributed by atoms with Gasteiger partial charge in [0.05, 0.1) is 22.5 Å². The zero-order valence-corrected chi connectivity index (χ0v) is 17.5. The normalized spacial score (nSPS) is 11.0. The van der Waals surface area contributed by atoms with Gasteiger partial charge in [0, 0.05) is 17.8 Å². The van der Waals surface area contributed by atoms with Crippen molar-refractivity contribution in [3.05, 3.63) is 95.9 Å². The highest BCUT2D eigenvalue weighted by Crippen LogP contribution is 2.32. The maximum Gasteiger partial charge on any atom is 0.282 e. The van der Waals surface area contributed by atoms with Crippen molar-refractivity contribution >= 4 is 32.6 Å². The van der Waals surface area contributed by atoms with Gasteiger partial charge < -0.3 is 4.52 Å². The lowest BCUT2D eigenvalue weighted by molar-refractivity contribution is 0.0976. The molecule has 3 aromatic heterocycles. The van der Waals surface area contributed by atoms with Gasteiger partial charge in [-0.1, -0.05) is 65.0 Å². The molecule has 1 amide bonds. The number of thiazole rings is 1. The number of benzene rings is 2. The molecule has 3 heterocycles. The SMILES string of the molecule is Cc1cccc2sc(N(Cc3ccccn3)C(=O)c3cc(-c4ccccc4)on3)nc12. The highest BCUT2D eigenvalue weighted by atomic mass is 32.1. The molecular weight excluding hydrogens is 408 g/mol. The quantitative estimate of drug-likeness (QED) is 0.371. The van der Waals surface area contributed by atoms with Gasteiger partial charge in [-0.3, -0.25) is 14.7 Å². The summed E-state index contributed by atoms with van der Waals surface area (Å²) in [6.45, 7) is 2.30. The van der Waals surface area contributed by atoms with Crippen molar-refractivity contribution in [1.82, 2.24) is 15.1 Å². The topological polar surface area (TPSA) is 72.1 Å². The number of rotatable bonds is 5. The van der Waals surface area contributed by atoms with E-state index in [0.29, 0.717) is 10.9 Å². The molecule has 0 radical (unpaired) electrons. The molecule has 5 rings (SSSR count). The molecule has 0 fully saturated rings. The number of amides is 1. The number of carbonyl (C=O) groups excluding carboxylic acids is 1. The summed E-state index contributed by atoms with van der Waals surface area (Å²) < 4.78 is 6.48. The Hall–Kier alpha value is -3.84. The number of hydrogen-bond acceptors (Lipinski definition) is 6. The fraction of sp³-hybridized carbons (Fsp3) is 0.0833. The number of fused-ring (bicyclic) bond motifs is 1. The molecule has 0 atom stereocenters. The lowest BCUT2D eigenvalue weighted by Gasteiger charge is -2.18. The van der Waals surface area contributed by atoms with Crippen LogP contribution < -0.4 is 4.90 Å². The van der Waals surface area contributed by atoms with Gasteiger partial charge in [0.1, 0.15) is 0 Å². The first kappa shape index (κ1) is 19.1. The summed E-state index contributed by atoms with van der Waals surface area (Å²) in [5.41, 5.74) is 3.81. The van der Waals surface area contributed by atoms with Crippen molar-refractivity contribution in [1.29, 1.82) is 0 Å². The average molecular weight is 427 g/mol. The van der Waals surface area contributed by atoms with E-state index in [0.717, 1.165) is 27.0 Å². The number of aryl methyl sites for hydroxylation is 1. The van der Waals surface area contributed by atoms with Gasteiger partial charge in [-0.05, 0) is 30.7 Å². The molecule has 152 valence electrons. The van der Waals surface area contributed by atoms with E-state index in [2.05, 4.69) is 10.1 Å². The Morgan fingerprint density at radius 3 is 2.65 bits per heavy atom. The van der Waals surface area contributed by atoms with Crippen molar-refractivity contribution in [2.24, 2.45) is 0 Å². The first-order valence-electron chi connectivity index (χ1n) is 9.79. The molecule has 0 bridgehead atoms. The van der Waals surface area contributed by atoms with Gasteiger partial charge in [0.25, 0.3) is 5.91 Å². The number of aromatic nitrogens is 3. The third-order valence-corrected chi connectivity index (χ3v) is 5.96. The van der Waals surface area contributed by atoms with Crippen LogP contribution in [0.4, 0.5) is 5.13 Å². The molecular formula is C24H18N4O2S. The molecule has 31 heavy (non-hydrogen) atoms. The second-order valence-electron chi connectivity index (χ2n) is 7.07. The minimum Gasteiger partial charge on any atom is -0.355 e. The fourth-order valence-corrected chi connectivity index (χ4v) is 4.36. The minimum atomic E-state index is -0.284. The number of pyridine rings is 1. The minimum absolute atomic E-state index is 0.228. The van der Waals surface area contributed by atoms with Gasteiger partial charge in [0.15, 0.2) is 16.6 Å². The number of anilines is 1. The zero-order chi connectivity index (χ0) is 21.2. The van der Waals surface area contributed by atoms with Crippen LogP contribution in [-0.4, -0.2) is 21.0 Å². The van der Waals surface area contributed by atoms with Crippen LogP contribution in [0.1, 0.15) is 21.7 Å².